The summed E-state index contributed by atoms with van der Waals surface area (Å²) in [4.78, 5) is 16.5. The molecule has 0 unspecified atom stereocenters. The molecule has 0 radical (unpaired) electrons. The first kappa shape index (κ1) is 17.4. The predicted octanol–water partition coefficient (Wildman–Crippen LogP) is 2.41. The van der Waals surface area contributed by atoms with E-state index in [9.17, 15) is 4.79 Å². The zero-order chi connectivity index (χ0) is 15.9. The second-order valence-corrected chi connectivity index (χ2v) is 6.11. The highest BCUT2D eigenvalue weighted by Gasteiger charge is 2.19. The van der Waals surface area contributed by atoms with Crippen LogP contribution in [0.2, 0.25) is 0 Å². The van der Waals surface area contributed by atoms with Crippen molar-refractivity contribution in [3.8, 4) is 0 Å². The number of ether oxygens (including phenoxy) is 1. The Bertz CT molecular complexity index is 473. The summed E-state index contributed by atoms with van der Waals surface area (Å²) < 4.78 is 5.09. The van der Waals surface area contributed by atoms with E-state index in [1.54, 1.807) is 13.2 Å². The van der Waals surface area contributed by atoms with Gasteiger partial charge in [-0.25, -0.2) is 4.98 Å². The first-order chi connectivity index (χ1) is 9.88. The molecule has 0 bridgehead atoms. The number of carbonyl (C=O) groups excluding carboxylic acids is 1. The van der Waals surface area contributed by atoms with Crippen molar-refractivity contribution in [3.05, 3.63) is 23.4 Å². The van der Waals surface area contributed by atoms with Crippen LogP contribution in [-0.4, -0.2) is 31.2 Å². The number of carbonyl (C=O) groups is 1. The number of nitrogens with zero attached hydrogens (tertiary/aromatic N) is 1. The summed E-state index contributed by atoms with van der Waals surface area (Å²) in [5.41, 5.74) is 7.20. The van der Waals surface area contributed by atoms with Crippen molar-refractivity contribution in [1.82, 2.24) is 10.3 Å². The van der Waals surface area contributed by atoms with Crippen LogP contribution in [0.3, 0.4) is 0 Å². The maximum absolute atomic E-state index is 12.2. The lowest BCUT2D eigenvalue weighted by Gasteiger charge is -2.24. The molecule has 1 aromatic heterocycles. The van der Waals surface area contributed by atoms with Gasteiger partial charge in [0.1, 0.15) is 5.82 Å². The van der Waals surface area contributed by atoms with Crippen LogP contribution in [-0.2, 0) is 11.2 Å². The molecule has 3 N–H and O–H groups in total. The number of anilines is 1. The molecule has 118 valence electrons. The van der Waals surface area contributed by atoms with E-state index >= 15 is 0 Å². The number of hydrogen-bond acceptors (Lipinski definition) is 4. The molecule has 0 atom stereocenters. The topological polar surface area (TPSA) is 77.2 Å². The number of hydrogen-bond donors (Lipinski definition) is 2. The Kier molecular flexibility index (Phi) is 6.62. The molecule has 1 amide bonds. The molecule has 0 saturated carbocycles. The number of pyridine rings is 1. The largest absolute Gasteiger partial charge is 0.385 e. The predicted molar refractivity (Wildman–Crippen MR) is 85.3 cm³/mol. The van der Waals surface area contributed by atoms with E-state index in [0.717, 1.165) is 25.0 Å². The molecule has 5 nitrogen and oxygen atoms in total. The average Bonchev–Trinajstić information content (AvgIpc) is 2.42. The van der Waals surface area contributed by atoms with Gasteiger partial charge in [-0.15, -0.1) is 0 Å². The van der Waals surface area contributed by atoms with Crippen LogP contribution in [0.15, 0.2) is 12.1 Å². The summed E-state index contributed by atoms with van der Waals surface area (Å²) in [6.07, 6.45) is 2.69. The van der Waals surface area contributed by atoms with Crippen molar-refractivity contribution in [3.63, 3.8) is 0 Å². The standard InChI is InChI=1S/C16H27N3O2/c1-5-6-13-9-12(10-14(17)19-13)15(20)18-11-16(2,3)7-8-21-4/h9-10H,5-8,11H2,1-4H3,(H2,17,19)(H,18,20). The molecule has 0 spiro atoms. The van der Waals surface area contributed by atoms with Crippen LogP contribution >= 0.6 is 0 Å². The van der Waals surface area contributed by atoms with Crippen LogP contribution in [0.25, 0.3) is 0 Å². The lowest BCUT2D eigenvalue weighted by Crippen LogP contribution is -2.34. The summed E-state index contributed by atoms with van der Waals surface area (Å²) in [5, 5.41) is 2.97. The van der Waals surface area contributed by atoms with Gasteiger partial charge in [0.25, 0.3) is 5.91 Å². The maximum atomic E-state index is 12.2. The molecule has 21 heavy (non-hydrogen) atoms. The molecule has 1 aromatic rings. The number of nitrogens with two attached hydrogens (primary N) is 1. The number of aromatic nitrogens is 1. The summed E-state index contributed by atoms with van der Waals surface area (Å²) in [7, 11) is 1.68. The van der Waals surface area contributed by atoms with E-state index in [-0.39, 0.29) is 11.3 Å². The number of methoxy groups -OCH3 is 1. The monoisotopic (exact) mass is 293 g/mol. The number of amides is 1. The number of nitrogens with one attached hydrogen (secondary N) is 1. The fraction of sp³-hybridized carbons (Fsp3) is 0.625. The Labute approximate surface area is 127 Å². The fourth-order valence-corrected chi connectivity index (χ4v) is 2.01. The fourth-order valence-electron chi connectivity index (χ4n) is 2.01. The Morgan fingerprint density at radius 1 is 1.43 bits per heavy atom. The quantitative estimate of drug-likeness (QED) is 0.771. The summed E-state index contributed by atoms with van der Waals surface area (Å²) in [6, 6.07) is 3.44. The van der Waals surface area contributed by atoms with Crippen molar-refractivity contribution in [2.45, 2.75) is 40.0 Å². The van der Waals surface area contributed by atoms with Crippen molar-refractivity contribution < 1.29 is 9.53 Å². The van der Waals surface area contributed by atoms with Crippen LogP contribution in [0.1, 0.15) is 49.7 Å². The molecular weight excluding hydrogens is 266 g/mol. The van der Waals surface area contributed by atoms with E-state index in [4.69, 9.17) is 10.5 Å². The van der Waals surface area contributed by atoms with E-state index in [1.165, 1.54) is 0 Å². The van der Waals surface area contributed by atoms with Crippen LogP contribution in [0.4, 0.5) is 5.82 Å². The van der Waals surface area contributed by atoms with Gasteiger partial charge in [0.2, 0.25) is 0 Å². The third-order valence-electron chi connectivity index (χ3n) is 3.38. The van der Waals surface area contributed by atoms with Gasteiger partial charge >= 0.3 is 0 Å². The molecule has 0 aromatic carbocycles. The summed E-state index contributed by atoms with van der Waals surface area (Å²) in [6.45, 7) is 7.57. The lowest BCUT2D eigenvalue weighted by atomic mass is 9.89. The van der Waals surface area contributed by atoms with Gasteiger partial charge in [-0.3, -0.25) is 4.79 Å². The molecule has 1 heterocycles. The molecule has 1 rings (SSSR count). The van der Waals surface area contributed by atoms with Crippen molar-refractivity contribution >= 4 is 11.7 Å². The summed E-state index contributed by atoms with van der Waals surface area (Å²) >= 11 is 0. The highest BCUT2D eigenvalue weighted by atomic mass is 16.5. The first-order valence-corrected chi connectivity index (χ1v) is 7.41. The van der Waals surface area contributed by atoms with Gasteiger partial charge in [-0.2, -0.15) is 0 Å². The number of aryl methyl sites for hydroxylation is 1. The molecule has 0 aliphatic carbocycles. The summed E-state index contributed by atoms with van der Waals surface area (Å²) in [5.74, 6) is 0.289. The Hall–Kier alpha value is -1.62. The third-order valence-corrected chi connectivity index (χ3v) is 3.38. The minimum atomic E-state index is -0.105. The maximum Gasteiger partial charge on any atom is 0.251 e. The average molecular weight is 293 g/mol. The molecule has 5 heteroatoms. The number of rotatable bonds is 8. The van der Waals surface area contributed by atoms with Crippen LogP contribution < -0.4 is 11.1 Å². The highest BCUT2D eigenvalue weighted by Crippen LogP contribution is 2.19. The molecule has 0 fully saturated rings. The molecule has 0 aliphatic rings. The van der Waals surface area contributed by atoms with E-state index < -0.39 is 0 Å². The molecule has 0 saturated heterocycles. The Morgan fingerprint density at radius 2 is 2.14 bits per heavy atom. The lowest BCUT2D eigenvalue weighted by molar-refractivity contribution is 0.0920. The van der Waals surface area contributed by atoms with Crippen LogP contribution in [0.5, 0.6) is 0 Å². The van der Waals surface area contributed by atoms with Gasteiger partial charge in [0, 0.05) is 31.5 Å². The Morgan fingerprint density at radius 3 is 2.76 bits per heavy atom. The highest BCUT2D eigenvalue weighted by molar-refractivity contribution is 5.94. The normalized spacial score (nSPS) is 11.4. The zero-order valence-corrected chi connectivity index (χ0v) is 13.5. The zero-order valence-electron chi connectivity index (χ0n) is 13.5. The minimum absolute atomic E-state index is 0.00348. The second kappa shape index (κ2) is 7.98. The second-order valence-electron chi connectivity index (χ2n) is 6.11. The van der Waals surface area contributed by atoms with Gasteiger partial charge in [0.15, 0.2) is 0 Å². The SMILES string of the molecule is CCCc1cc(C(=O)NCC(C)(C)CCOC)cc(N)n1. The van der Waals surface area contributed by atoms with E-state index in [1.807, 2.05) is 6.07 Å². The van der Waals surface area contributed by atoms with Crippen LogP contribution in [0, 0.1) is 5.41 Å². The minimum Gasteiger partial charge on any atom is -0.385 e. The molecular formula is C16H27N3O2. The van der Waals surface area contributed by atoms with Crippen molar-refractivity contribution in [2.75, 3.05) is 26.0 Å². The number of nitrogen functional groups attached to an aromatic ring is 1. The Balaban J connectivity index is 2.67. The van der Waals surface area contributed by atoms with E-state index in [0.29, 0.717) is 24.5 Å². The van der Waals surface area contributed by atoms with Gasteiger partial charge in [-0.05, 0) is 30.4 Å². The van der Waals surface area contributed by atoms with Gasteiger partial charge in [-0.1, -0.05) is 27.2 Å². The third kappa shape index (κ3) is 6.12. The van der Waals surface area contributed by atoms with Crippen molar-refractivity contribution in [1.29, 1.82) is 0 Å². The smallest absolute Gasteiger partial charge is 0.251 e. The molecule has 0 aliphatic heterocycles. The van der Waals surface area contributed by atoms with Gasteiger partial charge < -0.3 is 15.8 Å². The van der Waals surface area contributed by atoms with Crippen molar-refractivity contribution in [2.24, 2.45) is 5.41 Å². The first-order valence-electron chi connectivity index (χ1n) is 7.41. The van der Waals surface area contributed by atoms with Gasteiger partial charge in [0.05, 0.1) is 0 Å². The van der Waals surface area contributed by atoms with E-state index in [2.05, 4.69) is 31.1 Å².